The fourth-order valence-electron chi connectivity index (χ4n) is 0.784. The molecule has 2 N–H and O–H groups in total. The Balaban J connectivity index is 3.33. The van der Waals surface area contributed by atoms with E-state index in [4.69, 9.17) is 13.1 Å². The van der Waals surface area contributed by atoms with E-state index in [1.54, 1.807) is 0 Å². The van der Waals surface area contributed by atoms with E-state index in [2.05, 4.69) is 15.9 Å². The van der Waals surface area contributed by atoms with Gasteiger partial charge in [-0.2, -0.15) is 0 Å². The van der Waals surface area contributed by atoms with Crippen LogP contribution >= 0.6 is 15.9 Å². The van der Waals surface area contributed by atoms with Crippen LogP contribution in [-0.4, -0.2) is 21.5 Å². The van der Waals surface area contributed by atoms with Gasteiger partial charge in [-0.25, -0.2) is 8.42 Å². The molecule has 13 heavy (non-hydrogen) atoms. The van der Waals surface area contributed by atoms with Gasteiger partial charge in [-0.05, 0) is 22.0 Å². The van der Waals surface area contributed by atoms with Crippen LogP contribution in [0.4, 0.5) is 0 Å². The van der Waals surface area contributed by atoms with E-state index in [-0.39, 0.29) is 4.90 Å². The van der Waals surface area contributed by atoms with Crippen LogP contribution in [0.3, 0.4) is 0 Å². The van der Waals surface area contributed by atoms with Crippen LogP contribution in [0.5, 0.6) is 0 Å². The van der Waals surface area contributed by atoms with Crippen molar-refractivity contribution in [3.63, 3.8) is 0 Å². The van der Waals surface area contributed by atoms with Gasteiger partial charge in [-0.1, -0.05) is 22.5 Å². The molecule has 0 aliphatic heterocycles. The molecule has 0 spiro atoms. The zero-order valence-corrected chi connectivity index (χ0v) is 8.76. The zero-order valence-electron chi connectivity index (χ0n) is 6.36. The first-order chi connectivity index (χ1) is 5.97. The Bertz CT molecular complexity index is 420. The van der Waals surface area contributed by atoms with Crippen molar-refractivity contribution >= 4 is 39.3 Å². The third-order valence-corrected chi connectivity index (χ3v) is 3.46. The first-order valence-corrected chi connectivity index (χ1v) is 5.46. The fraction of sp³-hybridized carbons (Fsp3) is 0. The Morgan fingerprint density at radius 1 is 1.46 bits per heavy atom. The quantitative estimate of drug-likeness (QED) is 0.578. The molecule has 1 aromatic carbocycles. The smallest absolute Gasteiger partial charge is 0.263 e. The molecule has 0 bridgehead atoms. The van der Waals surface area contributed by atoms with Gasteiger partial charge in [0.1, 0.15) is 7.85 Å². The third kappa shape index (κ3) is 2.31. The third-order valence-electron chi connectivity index (χ3n) is 1.37. The molecule has 0 heterocycles. The first-order valence-electron chi connectivity index (χ1n) is 3.18. The Morgan fingerprint density at radius 3 is 2.54 bits per heavy atom. The van der Waals surface area contributed by atoms with E-state index < -0.39 is 10.0 Å². The number of benzene rings is 1. The maximum absolute atomic E-state index is 11.1. The summed E-state index contributed by atoms with van der Waals surface area (Å²) >= 11 is 3.01. The summed E-state index contributed by atoms with van der Waals surface area (Å²) < 4.78 is 22.5. The van der Waals surface area contributed by atoms with Gasteiger partial charge in [0, 0.05) is 4.47 Å². The highest BCUT2D eigenvalue weighted by Gasteiger charge is 2.15. The minimum atomic E-state index is -3.84. The lowest BCUT2D eigenvalue weighted by Crippen LogP contribution is -2.20. The summed E-state index contributed by atoms with van der Waals surface area (Å²) in [6.07, 6.45) is 0. The average Bonchev–Trinajstić information content (AvgIpc) is 2.03. The van der Waals surface area contributed by atoms with Crippen LogP contribution in [0, 0.1) is 0 Å². The molecule has 0 aliphatic rings. The van der Waals surface area contributed by atoms with Crippen molar-refractivity contribution in [2.75, 3.05) is 0 Å². The van der Waals surface area contributed by atoms with Crippen LogP contribution in [-0.2, 0) is 10.0 Å². The van der Waals surface area contributed by atoms with Crippen LogP contribution in [0.1, 0.15) is 0 Å². The maximum Gasteiger partial charge on any atom is 0.263 e. The number of halogens is 1. The Morgan fingerprint density at radius 2 is 2.08 bits per heavy atom. The zero-order chi connectivity index (χ0) is 10.1. The van der Waals surface area contributed by atoms with Gasteiger partial charge >= 0.3 is 0 Å². The molecule has 0 aromatic heterocycles. The molecule has 2 radical (unpaired) electrons. The second kappa shape index (κ2) is 3.79. The van der Waals surface area contributed by atoms with Crippen LogP contribution in [0.15, 0.2) is 27.6 Å². The molecule has 0 amide bonds. The van der Waals surface area contributed by atoms with Gasteiger partial charge in [0.05, 0.1) is 4.90 Å². The van der Waals surface area contributed by atoms with E-state index in [1.807, 2.05) is 0 Å². The lowest BCUT2D eigenvalue weighted by Gasteiger charge is -2.04. The molecule has 0 fully saturated rings. The normalized spacial score (nSPS) is 11.5. The topological polar surface area (TPSA) is 66.4 Å². The van der Waals surface area contributed by atoms with Gasteiger partial charge in [-0.3, -0.25) is 0 Å². The molecule has 68 valence electrons. The van der Waals surface area contributed by atoms with E-state index in [9.17, 15) is 8.42 Å². The molecule has 1 aromatic rings. The van der Waals surface area contributed by atoms with Gasteiger partial charge < -0.3 is 5.21 Å². The molecule has 0 saturated carbocycles. The van der Waals surface area contributed by atoms with Crippen LogP contribution in [0.2, 0.25) is 0 Å². The van der Waals surface area contributed by atoms with Gasteiger partial charge in [0.25, 0.3) is 10.0 Å². The SMILES string of the molecule is [B]c1ccc(S(=O)(=O)NO)c(Br)c1. The van der Waals surface area contributed by atoms with Gasteiger partial charge in [0.15, 0.2) is 0 Å². The highest BCUT2D eigenvalue weighted by atomic mass is 79.9. The number of nitrogens with one attached hydrogen (secondary N) is 1. The predicted molar refractivity (Wildman–Crippen MR) is 51.6 cm³/mol. The molecule has 4 nitrogen and oxygen atoms in total. The van der Waals surface area contributed by atoms with E-state index in [0.29, 0.717) is 9.94 Å². The number of rotatable bonds is 2. The van der Waals surface area contributed by atoms with Crippen molar-refractivity contribution in [1.82, 2.24) is 4.89 Å². The number of hydrogen-bond acceptors (Lipinski definition) is 3. The molecular weight excluding hydrogens is 257 g/mol. The summed E-state index contributed by atoms with van der Waals surface area (Å²) in [6.45, 7) is 0. The second-order valence-electron chi connectivity index (χ2n) is 2.28. The average molecular weight is 262 g/mol. The molecule has 0 atom stereocenters. The monoisotopic (exact) mass is 261 g/mol. The molecule has 0 saturated heterocycles. The number of sulfonamides is 1. The van der Waals surface area contributed by atoms with Crippen molar-refractivity contribution in [3.8, 4) is 0 Å². The Labute approximate surface area is 85.5 Å². The van der Waals surface area contributed by atoms with Crippen LogP contribution in [0.25, 0.3) is 0 Å². The van der Waals surface area contributed by atoms with E-state index >= 15 is 0 Å². The van der Waals surface area contributed by atoms with E-state index in [1.165, 1.54) is 23.1 Å². The lowest BCUT2D eigenvalue weighted by atomic mass is 9.97. The summed E-state index contributed by atoms with van der Waals surface area (Å²) in [5, 5.41) is 8.35. The molecule has 0 unspecified atom stereocenters. The van der Waals surface area contributed by atoms with E-state index in [0.717, 1.165) is 0 Å². The fourth-order valence-corrected chi connectivity index (χ4v) is 2.48. The lowest BCUT2D eigenvalue weighted by molar-refractivity contribution is 0.242. The van der Waals surface area contributed by atoms with Crippen molar-refractivity contribution in [2.45, 2.75) is 4.90 Å². The highest BCUT2D eigenvalue weighted by Crippen LogP contribution is 2.19. The maximum atomic E-state index is 11.1. The second-order valence-corrected chi connectivity index (χ2v) is 4.77. The van der Waals surface area contributed by atoms with Gasteiger partial charge in [-0.15, -0.1) is 0 Å². The largest absolute Gasteiger partial charge is 0.302 e. The summed E-state index contributed by atoms with van der Waals surface area (Å²) in [4.78, 5) is 1.15. The highest BCUT2D eigenvalue weighted by molar-refractivity contribution is 9.10. The summed E-state index contributed by atoms with van der Waals surface area (Å²) in [5.74, 6) is 0. The number of hydrogen-bond donors (Lipinski definition) is 2. The minimum Gasteiger partial charge on any atom is -0.302 e. The van der Waals surface area contributed by atoms with Crippen LogP contribution < -0.4 is 10.3 Å². The molecular formula is C6H5BBrNO3S. The van der Waals surface area contributed by atoms with Crippen molar-refractivity contribution < 1.29 is 13.6 Å². The van der Waals surface area contributed by atoms with Crippen molar-refractivity contribution in [3.05, 3.63) is 22.7 Å². The molecule has 7 heteroatoms. The van der Waals surface area contributed by atoms with Gasteiger partial charge in [0.2, 0.25) is 0 Å². The minimum absolute atomic E-state index is 0.0656. The van der Waals surface area contributed by atoms with Crippen molar-refractivity contribution in [2.24, 2.45) is 0 Å². The first kappa shape index (κ1) is 10.7. The predicted octanol–water partition coefficient (Wildman–Crippen LogP) is -0.0896. The standard InChI is InChI=1S/C6H5BBrNO3S/c7-4-1-2-6(5(8)3-4)13(11,12)9-10/h1-3,9-10H. The Hall–Kier alpha value is -0.365. The molecule has 1 rings (SSSR count). The summed E-state index contributed by atoms with van der Waals surface area (Å²) in [7, 11) is 1.56. The summed E-state index contributed by atoms with van der Waals surface area (Å²) in [6, 6.07) is 4.15. The van der Waals surface area contributed by atoms with Crippen molar-refractivity contribution in [1.29, 1.82) is 0 Å². The summed E-state index contributed by atoms with van der Waals surface area (Å²) in [5.41, 5.74) is 0.434. The molecule has 0 aliphatic carbocycles. The Kier molecular flexibility index (Phi) is 3.12.